The van der Waals surface area contributed by atoms with Crippen LogP contribution in [0.25, 0.3) is 32.6 Å². The minimum atomic E-state index is -4.75. The third-order valence-electron chi connectivity index (χ3n) is 5.62. The van der Waals surface area contributed by atoms with Gasteiger partial charge in [0, 0.05) is 36.4 Å². The molecule has 5 rings (SSSR count). The summed E-state index contributed by atoms with van der Waals surface area (Å²) in [6.45, 7) is 4.41. The van der Waals surface area contributed by atoms with E-state index in [4.69, 9.17) is 0 Å². The lowest BCUT2D eigenvalue weighted by Gasteiger charge is -2.12. The van der Waals surface area contributed by atoms with Crippen LogP contribution in [0.5, 0.6) is 5.75 Å². The quantitative estimate of drug-likeness (QED) is 0.296. The standard InChI is InChI=1S/C24H21F3N6O2S/c1-13(2)33-11-14(16-6-5-15(10-18(16)33)35-24(25,26)27)7-9-28-21-19-23(36-12-30-19)32-20(31-21)17-4-3-8-29-22(17)34/h3-6,8,10-13H,7,9H2,1-2H3,(H,29,34)(H,28,31,32). The lowest BCUT2D eigenvalue weighted by atomic mass is 10.1. The second-order valence-electron chi connectivity index (χ2n) is 8.37. The Labute approximate surface area is 206 Å². The summed E-state index contributed by atoms with van der Waals surface area (Å²) in [6.07, 6.45) is -0.686. The van der Waals surface area contributed by atoms with Crippen molar-refractivity contribution in [2.45, 2.75) is 32.7 Å². The number of hydrogen-bond donors (Lipinski definition) is 2. The average Bonchev–Trinajstić information content (AvgIpc) is 3.43. The Morgan fingerprint density at radius 3 is 2.81 bits per heavy atom. The molecule has 4 heterocycles. The summed E-state index contributed by atoms with van der Waals surface area (Å²) in [5.41, 5.74) is 3.97. The minimum Gasteiger partial charge on any atom is -0.406 e. The smallest absolute Gasteiger partial charge is 0.406 e. The van der Waals surface area contributed by atoms with Crippen LogP contribution in [-0.4, -0.2) is 37.4 Å². The molecule has 5 aromatic rings. The Morgan fingerprint density at radius 1 is 1.22 bits per heavy atom. The summed E-state index contributed by atoms with van der Waals surface area (Å²) < 4.78 is 44.2. The molecule has 2 N–H and O–H groups in total. The average molecular weight is 515 g/mol. The number of fused-ring (bicyclic) bond motifs is 2. The SMILES string of the molecule is CC(C)n1cc(CCNc2nc(-c3ccc[nH]c3=O)nc3scnc23)c2ccc(OC(F)(F)F)cc21. The molecule has 0 amide bonds. The number of nitrogens with zero attached hydrogens (tertiary/aromatic N) is 4. The van der Waals surface area contributed by atoms with Gasteiger partial charge in [0.05, 0.1) is 16.6 Å². The van der Waals surface area contributed by atoms with Crippen LogP contribution in [0.15, 0.2) is 53.0 Å². The predicted octanol–water partition coefficient (Wildman–Crippen LogP) is 5.53. The molecule has 12 heteroatoms. The van der Waals surface area contributed by atoms with Crippen LogP contribution in [0.3, 0.4) is 0 Å². The largest absolute Gasteiger partial charge is 0.573 e. The number of ether oxygens (including phenoxy) is 1. The molecule has 4 aromatic heterocycles. The first kappa shape index (κ1) is 23.8. The summed E-state index contributed by atoms with van der Waals surface area (Å²) in [5.74, 6) is 0.549. The van der Waals surface area contributed by atoms with Crippen molar-refractivity contribution in [3.05, 3.63) is 64.2 Å². The topological polar surface area (TPSA) is 97.7 Å². The summed E-state index contributed by atoms with van der Waals surface area (Å²) in [5, 5.41) is 4.14. The van der Waals surface area contributed by atoms with Gasteiger partial charge < -0.3 is 19.6 Å². The highest BCUT2D eigenvalue weighted by Crippen LogP contribution is 2.31. The molecule has 0 radical (unpaired) electrons. The van der Waals surface area contributed by atoms with Crippen LogP contribution < -0.4 is 15.6 Å². The molecule has 36 heavy (non-hydrogen) atoms. The van der Waals surface area contributed by atoms with Crippen LogP contribution in [0.1, 0.15) is 25.5 Å². The molecule has 0 saturated carbocycles. The van der Waals surface area contributed by atoms with Gasteiger partial charge >= 0.3 is 6.36 Å². The Kier molecular flexibility index (Phi) is 6.12. The highest BCUT2D eigenvalue weighted by atomic mass is 32.1. The van der Waals surface area contributed by atoms with Crippen molar-refractivity contribution in [3.8, 4) is 17.1 Å². The van der Waals surface area contributed by atoms with Crippen LogP contribution >= 0.6 is 11.3 Å². The molecular weight excluding hydrogens is 493 g/mol. The van der Waals surface area contributed by atoms with Crippen molar-refractivity contribution in [2.75, 3.05) is 11.9 Å². The molecular formula is C24H21F3N6O2S. The molecule has 0 aliphatic carbocycles. The Bertz CT molecular complexity index is 1610. The van der Waals surface area contributed by atoms with Gasteiger partial charge in [0.25, 0.3) is 5.56 Å². The molecule has 0 atom stereocenters. The van der Waals surface area contributed by atoms with E-state index in [0.717, 1.165) is 10.9 Å². The van der Waals surface area contributed by atoms with Crippen molar-refractivity contribution in [1.82, 2.24) is 24.5 Å². The Balaban J connectivity index is 1.42. The summed E-state index contributed by atoms with van der Waals surface area (Å²) >= 11 is 1.35. The molecule has 186 valence electrons. The van der Waals surface area contributed by atoms with Crippen LogP contribution in [-0.2, 0) is 6.42 Å². The van der Waals surface area contributed by atoms with Crippen molar-refractivity contribution < 1.29 is 17.9 Å². The van der Waals surface area contributed by atoms with E-state index in [1.807, 2.05) is 24.6 Å². The molecule has 0 fully saturated rings. The van der Waals surface area contributed by atoms with E-state index in [1.54, 1.807) is 29.9 Å². The summed E-state index contributed by atoms with van der Waals surface area (Å²) in [4.78, 5) is 28.9. The van der Waals surface area contributed by atoms with Gasteiger partial charge in [-0.05, 0) is 50.1 Å². The fourth-order valence-electron chi connectivity index (χ4n) is 4.05. The van der Waals surface area contributed by atoms with Crippen molar-refractivity contribution in [1.29, 1.82) is 0 Å². The number of H-pyrrole nitrogens is 1. The number of benzene rings is 1. The number of pyridine rings is 1. The van der Waals surface area contributed by atoms with Crippen LogP contribution in [0.2, 0.25) is 0 Å². The normalized spacial score (nSPS) is 12.1. The Hall–Kier alpha value is -3.93. The predicted molar refractivity (Wildman–Crippen MR) is 132 cm³/mol. The molecule has 0 aliphatic heterocycles. The van der Waals surface area contributed by atoms with E-state index in [2.05, 4.69) is 30.0 Å². The van der Waals surface area contributed by atoms with Crippen LogP contribution in [0.4, 0.5) is 19.0 Å². The van der Waals surface area contributed by atoms with E-state index >= 15 is 0 Å². The zero-order chi connectivity index (χ0) is 25.4. The zero-order valence-corrected chi connectivity index (χ0v) is 20.1. The number of nitrogens with one attached hydrogen (secondary N) is 2. The number of alkyl halides is 3. The first-order chi connectivity index (χ1) is 17.2. The first-order valence-electron chi connectivity index (χ1n) is 11.1. The summed E-state index contributed by atoms with van der Waals surface area (Å²) in [7, 11) is 0. The van der Waals surface area contributed by atoms with Gasteiger partial charge in [0.1, 0.15) is 16.1 Å². The first-order valence-corrected chi connectivity index (χ1v) is 12.0. The second-order valence-corrected chi connectivity index (χ2v) is 9.21. The Morgan fingerprint density at radius 2 is 2.06 bits per heavy atom. The number of halogens is 3. The second kappa shape index (κ2) is 9.26. The van der Waals surface area contributed by atoms with Gasteiger partial charge in [0.2, 0.25) is 0 Å². The van der Waals surface area contributed by atoms with Gasteiger partial charge in [-0.1, -0.05) is 0 Å². The molecule has 0 aliphatic rings. The lowest BCUT2D eigenvalue weighted by molar-refractivity contribution is -0.274. The highest BCUT2D eigenvalue weighted by molar-refractivity contribution is 7.16. The number of aromatic nitrogens is 5. The third kappa shape index (κ3) is 4.76. The van der Waals surface area contributed by atoms with E-state index in [0.29, 0.717) is 46.0 Å². The van der Waals surface area contributed by atoms with E-state index < -0.39 is 6.36 Å². The number of thiazole rings is 1. The lowest BCUT2D eigenvalue weighted by Crippen LogP contribution is -2.17. The number of anilines is 1. The molecule has 0 saturated heterocycles. The third-order valence-corrected chi connectivity index (χ3v) is 6.34. The van der Waals surface area contributed by atoms with Gasteiger partial charge in [-0.3, -0.25) is 4.79 Å². The monoisotopic (exact) mass is 514 g/mol. The van der Waals surface area contributed by atoms with E-state index in [1.165, 1.54) is 23.5 Å². The number of hydrogen-bond acceptors (Lipinski definition) is 7. The molecule has 0 spiro atoms. The molecule has 0 bridgehead atoms. The number of rotatable bonds is 7. The zero-order valence-electron chi connectivity index (χ0n) is 19.3. The van der Waals surface area contributed by atoms with Gasteiger partial charge in [-0.2, -0.15) is 0 Å². The maximum absolute atomic E-state index is 12.7. The van der Waals surface area contributed by atoms with Gasteiger partial charge in [-0.15, -0.1) is 24.5 Å². The molecule has 1 aromatic carbocycles. The van der Waals surface area contributed by atoms with Crippen molar-refractivity contribution in [2.24, 2.45) is 0 Å². The maximum Gasteiger partial charge on any atom is 0.573 e. The van der Waals surface area contributed by atoms with E-state index in [-0.39, 0.29) is 17.4 Å². The van der Waals surface area contributed by atoms with Crippen LogP contribution in [0, 0.1) is 0 Å². The van der Waals surface area contributed by atoms with Gasteiger partial charge in [0.15, 0.2) is 11.6 Å². The van der Waals surface area contributed by atoms with Crippen molar-refractivity contribution in [3.63, 3.8) is 0 Å². The fourth-order valence-corrected chi connectivity index (χ4v) is 4.70. The van der Waals surface area contributed by atoms with Gasteiger partial charge in [-0.25, -0.2) is 15.0 Å². The highest BCUT2D eigenvalue weighted by Gasteiger charge is 2.31. The minimum absolute atomic E-state index is 0.0402. The molecule has 8 nitrogen and oxygen atoms in total. The van der Waals surface area contributed by atoms with Crippen molar-refractivity contribution >= 4 is 38.4 Å². The molecule has 0 unspecified atom stereocenters. The fraction of sp³-hybridized carbons (Fsp3) is 0.250. The summed E-state index contributed by atoms with van der Waals surface area (Å²) in [6, 6.07) is 7.78. The maximum atomic E-state index is 12.7. The number of aromatic amines is 1. The van der Waals surface area contributed by atoms with E-state index in [9.17, 15) is 18.0 Å².